The number of methoxy groups -OCH3 is 1. The van der Waals surface area contributed by atoms with Crippen molar-refractivity contribution in [3.63, 3.8) is 0 Å². The summed E-state index contributed by atoms with van der Waals surface area (Å²) in [4.78, 5) is 23.4. The molecule has 0 saturated carbocycles. The Morgan fingerprint density at radius 1 is 1.10 bits per heavy atom. The maximum atomic E-state index is 12.5. The van der Waals surface area contributed by atoms with E-state index in [-0.39, 0.29) is 5.91 Å². The number of piperazine rings is 1. The van der Waals surface area contributed by atoms with E-state index in [0.717, 1.165) is 69.4 Å². The van der Waals surface area contributed by atoms with Crippen LogP contribution in [0.15, 0.2) is 23.2 Å². The van der Waals surface area contributed by atoms with Crippen LogP contribution in [0.4, 0.5) is 0 Å². The number of aliphatic imine (C=N–C) groups is 1. The van der Waals surface area contributed by atoms with Crippen molar-refractivity contribution in [3.05, 3.63) is 28.8 Å². The molecule has 0 aliphatic carbocycles. The van der Waals surface area contributed by atoms with E-state index in [1.54, 1.807) is 14.2 Å². The van der Waals surface area contributed by atoms with Gasteiger partial charge in [0, 0.05) is 63.4 Å². The van der Waals surface area contributed by atoms with Crippen molar-refractivity contribution >= 4 is 23.5 Å². The van der Waals surface area contributed by atoms with E-state index in [1.165, 1.54) is 6.42 Å². The number of hydrogen-bond acceptors (Lipinski definition) is 4. The lowest BCUT2D eigenvalue weighted by Crippen LogP contribution is -2.54. The highest BCUT2D eigenvalue weighted by molar-refractivity contribution is 6.30. The highest BCUT2D eigenvalue weighted by atomic mass is 35.5. The van der Waals surface area contributed by atoms with Gasteiger partial charge in [-0.05, 0) is 31.4 Å². The Labute approximate surface area is 178 Å². The molecule has 0 spiro atoms. The monoisotopic (exact) mass is 421 g/mol. The largest absolute Gasteiger partial charge is 0.496 e. The van der Waals surface area contributed by atoms with E-state index in [2.05, 4.69) is 20.1 Å². The molecule has 0 bridgehead atoms. The summed E-state index contributed by atoms with van der Waals surface area (Å²) >= 11 is 6.04. The maximum Gasteiger partial charge on any atom is 0.236 e. The molecule has 1 N–H and O–H groups in total. The summed E-state index contributed by atoms with van der Waals surface area (Å²) in [6.45, 7) is 6.42. The van der Waals surface area contributed by atoms with Crippen LogP contribution in [0.3, 0.4) is 0 Å². The Kier molecular flexibility index (Phi) is 8.00. The number of carbonyl (C=O) groups excluding carboxylic acids is 1. The Morgan fingerprint density at radius 3 is 2.48 bits per heavy atom. The average molecular weight is 422 g/mol. The normalized spacial score (nSPS) is 18.7. The quantitative estimate of drug-likeness (QED) is 0.582. The van der Waals surface area contributed by atoms with Gasteiger partial charge in [-0.25, -0.2) is 0 Å². The molecule has 0 atom stereocenters. The third kappa shape index (κ3) is 6.00. The number of carbonyl (C=O) groups is 1. The van der Waals surface area contributed by atoms with Gasteiger partial charge in [0.15, 0.2) is 5.96 Å². The molecule has 0 radical (unpaired) electrons. The minimum absolute atomic E-state index is 0.274. The number of ether oxygens (including phenoxy) is 1. The first kappa shape index (κ1) is 21.7. The number of nitrogens with one attached hydrogen (secondary N) is 1. The second-order valence-corrected chi connectivity index (χ2v) is 8.00. The fraction of sp³-hybridized carbons (Fsp3) is 0.619. The van der Waals surface area contributed by atoms with Crippen LogP contribution < -0.4 is 10.1 Å². The van der Waals surface area contributed by atoms with Gasteiger partial charge in [-0.15, -0.1) is 0 Å². The average Bonchev–Trinajstić information content (AvgIpc) is 2.76. The zero-order valence-corrected chi connectivity index (χ0v) is 18.2. The number of likely N-dealkylation sites (tertiary alicyclic amines) is 1. The molecule has 2 fully saturated rings. The van der Waals surface area contributed by atoms with Crippen LogP contribution in [0, 0.1) is 0 Å². The lowest BCUT2D eigenvalue weighted by atomic mass is 10.1. The molecule has 29 heavy (non-hydrogen) atoms. The number of benzene rings is 1. The summed E-state index contributed by atoms with van der Waals surface area (Å²) in [6, 6.07) is 5.65. The van der Waals surface area contributed by atoms with Crippen molar-refractivity contribution in [2.75, 3.05) is 60.0 Å². The summed E-state index contributed by atoms with van der Waals surface area (Å²) in [5.41, 5.74) is 1.03. The lowest BCUT2D eigenvalue weighted by Gasteiger charge is -2.37. The Balaban J connectivity index is 1.47. The number of guanidine groups is 1. The predicted molar refractivity (Wildman–Crippen MR) is 117 cm³/mol. The third-order valence-electron chi connectivity index (χ3n) is 5.64. The smallest absolute Gasteiger partial charge is 0.236 e. The molecule has 7 nitrogen and oxygen atoms in total. The molecule has 0 unspecified atom stereocenters. The lowest BCUT2D eigenvalue weighted by molar-refractivity contribution is -0.133. The highest BCUT2D eigenvalue weighted by Gasteiger charge is 2.24. The van der Waals surface area contributed by atoms with Gasteiger partial charge in [0.25, 0.3) is 0 Å². The van der Waals surface area contributed by atoms with E-state index < -0.39 is 0 Å². The van der Waals surface area contributed by atoms with E-state index in [0.29, 0.717) is 18.1 Å². The summed E-state index contributed by atoms with van der Waals surface area (Å²) < 4.78 is 5.42. The van der Waals surface area contributed by atoms with Gasteiger partial charge in [-0.2, -0.15) is 0 Å². The van der Waals surface area contributed by atoms with Crippen molar-refractivity contribution in [1.82, 2.24) is 20.0 Å². The number of halogens is 1. The van der Waals surface area contributed by atoms with E-state index in [1.807, 2.05) is 23.1 Å². The molecule has 1 amide bonds. The summed E-state index contributed by atoms with van der Waals surface area (Å²) in [6.07, 6.45) is 3.52. The first-order valence-corrected chi connectivity index (χ1v) is 10.8. The van der Waals surface area contributed by atoms with Crippen molar-refractivity contribution < 1.29 is 9.53 Å². The first-order valence-electron chi connectivity index (χ1n) is 10.4. The SMILES string of the molecule is CN=C(NCc1ccc(Cl)cc1OC)N1CCN(CC(=O)N2CCCCC2)CC1. The highest BCUT2D eigenvalue weighted by Crippen LogP contribution is 2.23. The molecule has 8 heteroatoms. The van der Waals surface area contributed by atoms with Crippen LogP contribution in [0.1, 0.15) is 24.8 Å². The van der Waals surface area contributed by atoms with Crippen molar-refractivity contribution in [2.45, 2.75) is 25.8 Å². The molecule has 2 aliphatic rings. The van der Waals surface area contributed by atoms with Gasteiger partial charge in [0.1, 0.15) is 5.75 Å². The summed E-state index contributed by atoms with van der Waals surface area (Å²) in [5.74, 6) is 1.90. The second-order valence-electron chi connectivity index (χ2n) is 7.56. The van der Waals surface area contributed by atoms with Crippen LogP contribution in [-0.4, -0.2) is 86.5 Å². The molecular weight excluding hydrogens is 390 g/mol. The second kappa shape index (κ2) is 10.7. The zero-order chi connectivity index (χ0) is 20.6. The van der Waals surface area contributed by atoms with Gasteiger partial charge in [0.05, 0.1) is 13.7 Å². The molecule has 160 valence electrons. The number of amides is 1. The van der Waals surface area contributed by atoms with Crippen LogP contribution in [0.2, 0.25) is 5.02 Å². The van der Waals surface area contributed by atoms with Gasteiger partial charge >= 0.3 is 0 Å². The van der Waals surface area contributed by atoms with Gasteiger partial charge in [-0.1, -0.05) is 17.7 Å². The third-order valence-corrected chi connectivity index (χ3v) is 5.87. The van der Waals surface area contributed by atoms with Gasteiger partial charge in [-0.3, -0.25) is 14.7 Å². The number of rotatable bonds is 5. The molecular formula is C21H32ClN5O2. The minimum atomic E-state index is 0.274. The number of hydrogen-bond donors (Lipinski definition) is 1. The Bertz CT molecular complexity index is 713. The molecule has 2 heterocycles. The fourth-order valence-corrected chi connectivity index (χ4v) is 4.09. The molecule has 0 aromatic heterocycles. The van der Waals surface area contributed by atoms with E-state index in [4.69, 9.17) is 16.3 Å². The van der Waals surface area contributed by atoms with E-state index >= 15 is 0 Å². The Morgan fingerprint density at radius 2 is 1.83 bits per heavy atom. The number of piperidine rings is 1. The van der Waals surface area contributed by atoms with E-state index in [9.17, 15) is 4.79 Å². The summed E-state index contributed by atoms with van der Waals surface area (Å²) in [7, 11) is 3.45. The standard InChI is InChI=1S/C21H32ClN5O2/c1-23-21(24-15-17-6-7-18(22)14-19(17)29-2)27-12-10-25(11-13-27)16-20(28)26-8-4-3-5-9-26/h6-7,14H,3-5,8-13,15-16H2,1-2H3,(H,23,24). The van der Waals surface area contributed by atoms with Crippen molar-refractivity contribution in [1.29, 1.82) is 0 Å². The van der Waals surface area contributed by atoms with Gasteiger partial charge < -0.3 is 19.9 Å². The molecule has 1 aromatic carbocycles. The first-order chi connectivity index (χ1) is 14.1. The van der Waals surface area contributed by atoms with Crippen molar-refractivity contribution in [2.24, 2.45) is 4.99 Å². The fourth-order valence-electron chi connectivity index (χ4n) is 3.92. The molecule has 1 aromatic rings. The zero-order valence-electron chi connectivity index (χ0n) is 17.5. The van der Waals surface area contributed by atoms with Gasteiger partial charge in [0.2, 0.25) is 5.91 Å². The minimum Gasteiger partial charge on any atom is -0.496 e. The molecule has 2 aliphatic heterocycles. The predicted octanol–water partition coefficient (Wildman–Crippen LogP) is 2.05. The molecule has 2 saturated heterocycles. The molecule has 3 rings (SSSR count). The van der Waals surface area contributed by atoms with Crippen LogP contribution in [0.25, 0.3) is 0 Å². The Hall–Kier alpha value is -1.99. The van der Waals surface area contributed by atoms with Crippen LogP contribution >= 0.6 is 11.6 Å². The van der Waals surface area contributed by atoms with Crippen LogP contribution in [0.5, 0.6) is 5.75 Å². The van der Waals surface area contributed by atoms with Crippen molar-refractivity contribution in [3.8, 4) is 5.75 Å². The van der Waals surface area contributed by atoms with Crippen LogP contribution in [-0.2, 0) is 11.3 Å². The maximum absolute atomic E-state index is 12.5. The summed E-state index contributed by atoms with van der Waals surface area (Å²) in [5, 5.41) is 4.07. The number of nitrogens with zero attached hydrogens (tertiary/aromatic N) is 4. The topological polar surface area (TPSA) is 60.4 Å².